The van der Waals surface area contributed by atoms with Crippen molar-refractivity contribution in [1.29, 1.82) is 0 Å². The van der Waals surface area contributed by atoms with Gasteiger partial charge in [-0.05, 0) is 57.1 Å². The van der Waals surface area contributed by atoms with Gasteiger partial charge in [0.15, 0.2) is 23.0 Å². The highest BCUT2D eigenvalue weighted by Crippen LogP contribution is 2.73. The fourth-order valence-corrected chi connectivity index (χ4v) is 10.1. The van der Waals surface area contributed by atoms with Gasteiger partial charge in [0, 0.05) is 29.6 Å². The monoisotopic (exact) mass is 554 g/mol. The van der Waals surface area contributed by atoms with Crippen LogP contribution < -0.4 is 0 Å². The number of Topliss-reactive ketones (excluding diaryl/α,β-unsaturated/α-hetero) is 1. The van der Waals surface area contributed by atoms with Crippen molar-refractivity contribution in [3.63, 3.8) is 0 Å². The third-order valence-corrected chi connectivity index (χ3v) is 12.0. The third-order valence-electron chi connectivity index (χ3n) is 10.7. The number of cyclic esters (lactones) is 1. The minimum absolute atomic E-state index is 0.0159. The van der Waals surface area contributed by atoms with E-state index in [1.807, 2.05) is 6.92 Å². The van der Waals surface area contributed by atoms with E-state index < -0.39 is 63.4 Å². The summed E-state index contributed by atoms with van der Waals surface area (Å²) in [4.78, 5) is 38.3. The van der Waals surface area contributed by atoms with Crippen molar-refractivity contribution < 1.29 is 42.5 Å². The second kappa shape index (κ2) is 8.33. The van der Waals surface area contributed by atoms with Gasteiger partial charge in [0.05, 0.1) is 24.6 Å². The molecule has 5 fully saturated rings. The molecule has 38 heavy (non-hydrogen) atoms. The molecule has 10 heteroatoms. The zero-order valence-electron chi connectivity index (χ0n) is 22.3. The number of aliphatic hydroxyl groups is 1. The zero-order chi connectivity index (χ0) is 27.5. The summed E-state index contributed by atoms with van der Waals surface area (Å²) in [6.45, 7) is 7.27. The van der Waals surface area contributed by atoms with Crippen molar-refractivity contribution in [2.75, 3.05) is 12.4 Å². The lowest BCUT2D eigenvalue weighted by Crippen LogP contribution is -2.71. The Labute approximate surface area is 225 Å². The van der Waals surface area contributed by atoms with Gasteiger partial charge >= 0.3 is 5.97 Å². The molecule has 2 aliphatic heterocycles. The maximum atomic E-state index is 17.5. The lowest BCUT2D eigenvalue weighted by molar-refractivity contribution is -0.253. The van der Waals surface area contributed by atoms with Crippen LogP contribution >= 0.6 is 11.8 Å². The van der Waals surface area contributed by atoms with E-state index >= 15 is 8.78 Å². The Hall–Kier alpha value is -1.36. The van der Waals surface area contributed by atoms with Crippen LogP contribution in [0.15, 0.2) is 11.6 Å². The summed E-state index contributed by atoms with van der Waals surface area (Å²) in [5.74, 6) is -3.29. The molecule has 0 unspecified atom stereocenters. The van der Waals surface area contributed by atoms with E-state index in [1.165, 1.54) is 17.8 Å². The molecule has 7 nitrogen and oxygen atoms in total. The zero-order valence-corrected chi connectivity index (χ0v) is 23.1. The van der Waals surface area contributed by atoms with Crippen molar-refractivity contribution in [3.8, 4) is 0 Å². The number of alkyl halides is 2. The van der Waals surface area contributed by atoms with Crippen LogP contribution in [-0.2, 0) is 28.6 Å². The van der Waals surface area contributed by atoms with E-state index in [4.69, 9.17) is 14.2 Å². The van der Waals surface area contributed by atoms with Gasteiger partial charge in [0.25, 0.3) is 0 Å². The molecule has 0 aromatic heterocycles. The number of carbonyl (C=O) groups excluding carboxylic acids is 3. The van der Waals surface area contributed by atoms with Gasteiger partial charge in [-0.2, -0.15) is 0 Å². The number of allylic oxidation sites excluding steroid dienone is 1. The molecule has 0 amide bonds. The summed E-state index contributed by atoms with van der Waals surface area (Å²) in [5.41, 5.74) is -5.83. The summed E-state index contributed by atoms with van der Waals surface area (Å²) < 4.78 is 51.0. The Kier molecular flexibility index (Phi) is 5.89. The van der Waals surface area contributed by atoms with Crippen molar-refractivity contribution in [2.45, 2.75) is 107 Å². The minimum atomic E-state index is -2.16. The minimum Gasteiger partial charge on any atom is -0.465 e. The molecule has 6 aliphatic rings. The number of ketones is 2. The maximum Gasteiger partial charge on any atom is 0.319 e. The number of ether oxygens (including phenoxy) is 3. The van der Waals surface area contributed by atoms with Crippen LogP contribution in [0.5, 0.6) is 0 Å². The number of thioether (sulfide) groups is 1. The Balaban J connectivity index is 1.39. The molecule has 0 aromatic carbocycles. The molecular formula is C28H36F2O7S. The average molecular weight is 555 g/mol. The van der Waals surface area contributed by atoms with Gasteiger partial charge in [-0.25, -0.2) is 8.78 Å². The van der Waals surface area contributed by atoms with Crippen molar-refractivity contribution in [1.82, 2.24) is 0 Å². The fraction of sp³-hybridized carbons (Fsp3) is 0.821. The summed E-state index contributed by atoms with van der Waals surface area (Å²) >= 11 is 1.21. The molecule has 0 radical (unpaired) electrons. The van der Waals surface area contributed by atoms with Crippen LogP contribution in [0.1, 0.15) is 66.2 Å². The quantitative estimate of drug-likeness (QED) is 0.526. The first kappa shape index (κ1) is 26.8. The Morgan fingerprint density at radius 2 is 1.92 bits per heavy atom. The van der Waals surface area contributed by atoms with Crippen molar-refractivity contribution in [2.24, 2.45) is 22.7 Å². The number of carbonyl (C=O) groups is 3. The summed E-state index contributed by atoms with van der Waals surface area (Å²) in [6.07, 6.45) is -1.62. The molecule has 2 saturated heterocycles. The standard InChI is InChI=1S/C28H36F2O7S/c1-24(2)36-22-11-15-16-10-18(29)17-9-14(31)5-7-25(17,3)27(16,30)20(32)12-26(15,4)28(22,37-24)21(33)13-38-19-6-8-35-23(19)34/h9,15-16,18-20,22,32H,5-8,10-13H2,1-4H3/t15-,16-,18-,19+,20-,22+,25-,26-,27-,28+/m0/s1. The largest absolute Gasteiger partial charge is 0.465 e. The van der Waals surface area contributed by atoms with Gasteiger partial charge in [-0.15, -0.1) is 11.8 Å². The Bertz CT molecular complexity index is 1130. The fourth-order valence-electron chi connectivity index (χ4n) is 9.07. The van der Waals surface area contributed by atoms with Gasteiger partial charge in [0.1, 0.15) is 17.1 Å². The van der Waals surface area contributed by atoms with Crippen LogP contribution in [0.25, 0.3) is 0 Å². The molecule has 10 atom stereocenters. The molecule has 3 saturated carbocycles. The van der Waals surface area contributed by atoms with E-state index in [2.05, 4.69) is 0 Å². The van der Waals surface area contributed by atoms with Crippen molar-refractivity contribution >= 4 is 29.3 Å². The average Bonchev–Trinajstić information content (AvgIpc) is 3.44. The Morgan fingerprint density at radius 3 is 2.61 bits per heavy atom. The van der Waals surface area contributed by atoms with Gasteiger partial charge in [-0.1, -0.05) is 13.8 Å². The number of aliphatic hydroxyl groups excluding tert-OH is 1. The van der Waals surface area contributed by atoms with Gasteiger partial charge in [0.2, 0.25) is 0 Å². The first-order valence-electron chi connectivity index (χ1n) is 13.6. The first-order chi connectivity index (χ1) is 17.7. The van der Waals surface area contributed by atoms with Crippen LogP contribution in [0.2, 0.25) is 0 Å². The number of halogens is 2. The smallest absolute Gasteiger partial charge is 0.319 e. The number of fused-ring (bicyclic) bond motifs is 7. The van der Waals surface area contributed by atoms with Crippen LogP contribution in [-0.4, -0.2) is 75.7 Å². The number of esters is 1. The third kappa shape index (κ3) is 3.26. The van der Waals surface area contributed by atoms with E-state index in [9.17, 15) is 19.5 Å². The van der Waals surface area contributed by atoms with E-state index in [-0.39, 0.29) is 54.5 Å². The molecule has 0 spiro atoms. The molecule has 6 rings (SSSR count). The highest BCUT2D eigenvalue weighted by Gasteiger charge is 2.80. The molecule has 0 aromatic rings. The number of rotatable bonds is 4. The maximum absolute atomic E-state index is 17.5. The molecule has 0 bridgehead atoms. The van der Waals surface area contributed by atoms with E-state index in [1.54, 1.807) is 20.8 Å². The highest BCUT2D eigenvalue weighted by atomic mass is 32.2. The summed E-state index contributed by atoms with van der Waals surface area (Å²) in [5, 5.41) is 11.2. The van der Waals surface area contributed by atoms with Gasteiger partial charge < -0.3 is 19.3 Å². The number of hydrogen-bond acceptors (Lipinski definition) is 8. The lowest BCUT2D eigenvalue weighted by atomic mass is 9.43. The molecular weight excluding hydrogens is 518 g/mol. The second-order valence-corrected chi connectivity index (χ2v) is 14.2. The van der Waals surface area contributed by atoms with Gasteiger partial charge in [-0.3, -0.25) is 14.4 Å². The van der Waals surface area contributed by atoms with Crippen LogP contribution in [0.4, 0.5) is 8.78 Å². The topological polar surface area (TPSA) is 99.1 Å². The van der Waals surface area contributed by atoms with E-state index in [0.29, 0.717) is 19.4 Å². The summed E-state index contributed by atoms with van der Waals surface area (Å²) in [7, 11) is 0. The predicted molar refractivity (Wildman–Crippen MR) is 134 cm³/mol. The first-order valence-corrected chi connectivity index (χ1v) is 14.7. The highest BCUT2D eigenvalue weighted by molar-refractivity contribution is 8.01. The van der Waals surface area contributed by atoms with Crippen molar-refractivity contribution in [3.05, 3.63) is 11.6 Å². The number of hydrogen-bond donors (Lipinski definition) is 1. The normalized spacial score (nSPS) is 51.0. The summed E-state index contributed by atoms with van der Waals surface area (Å²) in [6, 6.07) is 0. The van der Waals surface area contributed by atoms with Crippen LogP contribution in [0.3, 0.4) is 0 Å². The molecule has 210 valence electrons. The lowest BCUT2D eigenvalue weighted by Gasteiger charge is -2.64. The molecule has 2 heterocycles. The SMILES string of the molecule is CC1(C)O[C@@H]2C[C@H]3[C@@H]4C[C@H](F)C5=CC(=O)CC[C@]5(C)[C@@]4(F)[C@@H](O)C[C@]3(C)[C@]2(C(=O)CS[C@@H]2CCOC2=O)O1. The predicted octanol–water partition coefficient (Wildman–Crippen LogP) is 3.65. The second-order valence-electron chi connectivity index (χ2n) is 13.0. The molecule has 4 aliphatic carbocycles. The molecule has 1 N–H and O–H groups in total. The Morgan fingerprint density at radius 1 is 1.18 bits per heavy atom. The van der Waals surface area contributed by atoms with Crippen LogP contribution in [0, 0.1) is 22.7 Å². The van der Waals surface area contributed by atoms with E-state index in [0.717, 1.165) is 0 Å².